The Bertz CT molecular complexity index is 358. The number of hydroxylamine groups is 1. The van der Waals surface area contributed by atoms with Crippen LogP contribution in [0.4, 0.5) is 0 Å². The maximum absolute atomic E-state index is 10.7. The molecular formula is C11H15NO3S. The van der Waals surface area contributed by atoms with Gasteiger partial charge in [-0.25, -0.2) is 4.79 Å². The predicted molar refractivity (Wildman–Crippen MR) is 61.5 cm³/mol. The summed E-state index contributed by atoms with van der Waals surface area (Å²) in [5, 5.41) is 8.75. The zero-order chi connectivity index (χ0) is 11.4. The first-order chi connectivity index (χ1) is 7.75. The Balaban J connectivity index is 1.74. The zero-order valence-electron chi connectivity index (χ0n) is 8.94. The Morgan fingerprint density at radius 3 is 2.88 bits per heavy atom. The summed E-state index contributed by atoms with van der Waals surface area (Å²) < 4.78 is 0. The van der Waals surface area contributed by atoms with E-state index in [2.05, 4.69) is 5.48 Å². The molecule has 16 heavy (non-hydrogen) atoms. The van der Waals surface area contributed by atoms with Crippen molar-refractivity contribution in [3.05, 3.63) is 21.9 Å². The fraction of sp³-hybridized carbons (Fsp3) is 0.545. The van der Waals surface area contributed by atoms with Gasteiger partial charge in [0.25, 0.3) is 0 Å². The van der Waals surface area contributed by atoms with Crippen LogP contribution in [0.5, 0.6) is 0 Å². The molecule has 1 aromatic rings. The molecule has 1 fully saturated rings. The van der Waals surface area contributed by atoms with Gasteiger partial charge in [-0.3, -0.25) is 4.84 Å². The Hall–Kier alpha value is -0.910. The number of hydrogen-bond donors (Lipinski definition) is 2. The molecule has 0 unspecified atom stereocenters. The number of carboxylic acids is 1. The highest BCUT2D eigenvalue weighted by Gasteiger charge is 2.15. The van der Waals surface area contributed by atoms with E-state index in [1.807, 2.05) is 6.07 Å². The van der Waals surface area contributed by atoms with Crippen molar-refractivity contribution >= 4 is 17.3 Å². The lowest BCUT2D eigenvalue weighted by molar-refractivity contribution is -0.0239. The summed E-state index contributed by atoms with van der Waals surface area (Å²) >= 11 is 1.28. The average Bonchev–Trinajstić information content (AvgIpc) is 2.87. The molecule has 0 atom stereocenters. The van der Waals surface area contributed by atoms with Crippen LogP contribution in [-0.4, -0.2) is 17.2 Å². The number of hydrogen-bond acceptors (Lipinski definition) is 4. The minimum Gasteiger partial charge on any atom is -0.477 e. The smallest absolute Gasteiger partial charge is 0.345 e. The van der Waals surface area contributed by atoms with Crippen molar-refractivity contribution in [2.24, 2.45) is 0 Å². The fourth-order valence-corrected chi connectivity index (χ4v) is 2.60. The highest BCUT2D eigenvalue weighted by atomic mass is 32.1. The number of thiophene rings is 1. The van der Waals surface area contributed by atoms with Crippen molar-refractivity contribution in [1.82, 2.24) is 5.48 Å². The van der Waals surface area contributed by atoms with Gasteiger partial charge in [0.1, 0.15) is 4.88 Å². The summed E-state index contributed by atoms with van der Waals surface area (Å²) in [6.45, 7) is 0.578. The minimum absolute atomic E-state index is 0.332. The zero-order valence-corrected chi connectivity index (χ0v) is 9.76. The minimum atomic E-state index is -0.868. The molecule has 0 radical (unpaired) electrons. The maximum Gasteiger partial charge on any atom is 0.345 e. The topological polar surface area (TPSA) is 58.6 Å². The van der Waals surface area contributed by atoms with Crippen molar-refractivity contribution in [3.63, 3.8) is 0 Å². The van der Waals surface area contributed by atoms with Gasteiger partial charge in [-0.05, 0) is 25.0 Å². The van der Waals surface area contributed by atoms with Gasteiger partial charge in [0.05, 0.1) is 12.6 Å². The largest absolute Gasteiger partial charge is 0.477 e. The Morgan fingerprint density at radius 1 is 1.50 bits per heavy atom. The molecule has 0 spiro atoms. The number of carbonyl (C=O) groups is 1. The van der Waals surface area contributed by atoms with Gasteiger partial charge in [0.15, 0.2) is 0 Å². The van der Waals surface area contributed by atoms with Crippen LogP contribution in [0, 0.1) is 0 Å². The molecule has 88 valence electrons. The van der Waals surface area contributed by atoms with E-state index >= 15 is 0 Å². The number of rotatable bonds is 5. The second-order valence-electron chi connectivity index (χ2n) is 3.92. The molecule has 4 nitrogen and oxygen atoms in total. The number of nitrogens with one attached hydrogen (secondary N) is 1. The van der Waals surface area contributed by atoms with Crippen molar-refractivity contribution in [2.75, 3.05) is 0 Å². The summed E-state index contributed by atoms with van der Waals surface area (Å²) in [6, 6.07) is 3.44. The van der Waals surface area contributed by atoms with Crippen LogP contribution in [0.3, 0.4) is 0 Å². The fourth-order valence-electron chi connectivity index (χ4n) is 1.82. The van der Waals surface area contributed by atoms with E-state index in [1.165, 1.54) is 24.2 Å². The normalized spacial score (nSPS) is 16.8. The Kier molecular flexibility index (Phi) is 3.93. The summed E-state index contributed by atoms with van der Waals surface area (Å²) in [5.74, 6) is -0.868. The van der Waals surface area contributed by atoms with E-state index in [9.17, 15) is 4.79 Å². The summed E-state index contributed by atoms with van der Waals surface area (Å²) in [4.78, 5) is 17.5. The average molecular weight is 241 g/mol. The van der Waals surface area contributed by atoms with E-state index in [0.717, 1.165) is 17.7 Å². The predicted octanol–water partition coefficient (Wildman–Crippen LogP) is 2.41. The molecule has 0 bridgehead atoms. The van der Waals surface area contributed by atoms with Gasteiger partial charge in [-0.1, -0.05) is 12.8 Å². The van der Waals surface area contributed by atoms with Crippen molar-refractivity contribution in [1.29, 1.82) is 0 Å². The van der Waals surface area contributed by atoms with Gasteiger partial charge in [-0.15, -0.1) is 11.3 Å². The van der Waals surface area contributed by atoms with E-state index < -0.39 is 5.97 Å². The number of carboxylic acid groups (broad SMARTS) is 1. The highest BCUT2D eigenvalue weighted by molar-refractivity contribution is 7.13. The third kappa shape index (κ3) is 3.04. The first-order valence-corrected chi connectivity index (χ1v) is 6.28. The second kappa shape index (κ2) is 5.43. The lowest BCUT2D eigenvalue weighted by Gasteiger charge is -2.10. The monoisotopic (exact) mass is 241 g/mol. The molecule has 0 amide bonds. The Labute approximate surface area is 98.2 Å². The molecule has 1 aliphatic rings. The first kappa shape index (κ1) is 11.6. The molecule has 2 N–H and O–H groups in total. The van der Waals surface area contributed by atoms with Crippen LogP contribution in [0.15, 0.2) is 12.1 Å². The molecule has 5 heteroatoms. The molecule has 2 rings (SSSR count). The summed E-state index contributed by atoms with van der Waals surface area (Å²) in [7, 11) is 0. The third-order valence-electron chi connectivity index (χ3n) is 2.67. The lowest BCUT2D eigenvalue weighted by atomic mass is 10.3. The second-order valence-corrected chi connectivity index (χ2v) is 5.08. The highest BCUT2D eigenvalue weighted by Crippen LogP contribution is 2.20. The molecule has 1 saturated carbocycles. The maximum atomic E-state index is 10.7. The van der Waals surface area contributed by atoms with Crippen molar-refractivity contribution in [2.45, 2.75) is 38.3 Å². The first-order valence-electron chi connectivity index (χ1n) is 5.46. The van der Waals surface area contributed by atoms with Gasteiger partial charge < -0.3 is 5.11 Å². The molecular weight excluding hydrogens is 226 g/mol. The molecule has 1 aromatic heterocycles. The van der Waals surface area contributed by atoms with E-state index in [1.54, 1.807) is 6.07 Å². The molecule has 0 saturated heterocycles. The Morgan fingerprint density at radius 2 is 2.25 bits per heavy atom. The lowest BCUT2D eigenvalue weighted by Crippen LogP contribution is -2.20. The van der Waals surface area contributed by atoms with E-state index in [-0.39, 0.29) is 0 Å². The number of aromatic carboxylic acids is 1. The van der Waals surface area contributed by atoms with Gasteiger partial charge in [0.2, 0.25) is 0 Å². The van der Waals surface area contributed by atoms with E-state index in [4.69, 9.17) is 9.94 Å². The van der Waals surface area contributed by atoms with Crippen LogP contribution >= 0.6 is 11.3 Å². The van der Waals surface area contributed by atoms with Crippen LogP contribution in [0.1, 0.15) is 40.2 Å². The quantitative estimate of drug-likeness (QED) is 0.777. The van der Waals surface area contributed by atoms with Crippen molar-refractivity contribution in [3.8, 4) is 0 Å². The third-order valence-corrected chi connectivity index (χ3v) is 3.74. The van der Waals surface area contributed by atoms with Crippen LogP contribution in [-0.2, 0) is 11.4 Å². The van der Waals surface area contributed by atoms with E-state index in [0.29, 0.717) is 17.5 Å². The standard InChI is InChI=1S/C11H15NO3S/c13-11(14)10-6-5-9(16-10)7-12-15-8-3-1-2-4-8/h5-6,8,12H,1-4,7H2,(H,13,14). The molecule has 1 aliphatic carbocycles. The van der Waals surface area contributed by atoms with Gasteiger partial charge in [-0.2, -0.15) is 5.48 Å². The molecule has 0 aromatic carbocycles. The van der Waals surface area contributed by atoms with Crippen LogP contribution in [0.2, 0.25) is 0 Å². The SMILES string of the molecule is O=C(O)c1ccc(CNOC2CCCC2)s1. The van der Waals surface area contributed by atoms with Gasteiger partial charge >= 0.3 is 5.97 Å². The van der Waals surface area contributed by atoms with Crippen molar-refractivity contribution < 1.29 is 14.7 Å². The summed E-state index contributed by atoms with van der Waals surface area (Å²) in [5.41, 5.74) is 2.91. The molecule has 0 aliphatic heterocycles. The molecule has 1 heterocycles. The van der Waals surface area contributed by atoms with Crippen LogP contribution in [0.25, 0.3) is 0 Å². The van der Waals surface area contributed by atoms with Crippen LogP contribution < -0.4 is 5.48 Å². The summed E-state index contributed by atoms with van der Waals surface area (Å²) in [6.07, 6.45) is 5.07. The van der Waals surface area contributed by atoms with Gasteiger partial charge in [0, 0.05) is 4.88 Å².